The van der Waals surface area contributed by atoms with Gasteiger partial charge in [-0.15, -0.1) is 0 Å². The Labute approximate surface area is 127 Å². The number of ether oxygens (including phenoxy) is 2. The van der Waals surface area contributed by atoms with Crippen LogP contribution in [0.2, 0.25) is 0 Å². The van der Waals surface area contributed by atoms with Crippen molar-refractivity contribution >= 4 is 0 Å². The summed E-state index contributed by atoms with van der Waals surface area (Å²) in [6.45, 7) is 6.62. The molecule has 1 aromatic heterocycles. The maximum atomic E-state index is 5.63. The third-order valence-corrected chi connectivity index (χ3v) is 4.68. The van der Waals surface area contributed by atoms with Gasteiger partial charge >= 0.3 is 0 Å². The summed E-state index contributed by atoms with van der Waals surface area (Å²) in [5, 5.41) is 3.84. The van der Waals surface area contributed by atoms with Crippen molar-refractivity contribution in [1.29, 1.82) is 0 Å². The van der Waals surface area contributed by atoms with E-state index in [-0.39, 0.29) is 0 Å². The second kappa shape index (κ2) is 7.38. The standard InChI is InChI=1S/C16H27N3O2/c1-2-19-8-7-17-16(19)15(13-5-10-20-11-6-13)18-14-4-3-9-21-12-14/h7-8,13-15,18H,2-6,9-12H2,1H3/t14-,15+/m1/s1. The summed E-state index contributed by atoms with van der Waals surface area (Å²) in [6, 6.07) is 0.768. The Hall–Kier alpha value is -0.910. The average molecular weight is 293 g/mol. The predicted molar refractivity (Wildman–Crippen MR) is 81.2 cm³/mol. The molecule has 2 fully saturated rings. The number of aryl methyl sites for hydroxylation is 1. The van der Waals surface area contributed by atoms with E-state index in [1.807, 2.05) is 6.20 Å². The molecule has 1 aromatic rings. The molecule has 0 bridgehead atoms. The van der Waals surface area contributed by atoms with E-state index in [0.29, 0.717) is 18.0 Å². The van der Waals surface area contributed by atoms with Crippen molar-refractivity contribution in [1.82, 2.24) is 14.9 Å². The molecule has 0 saturated carbocycles. The number of imidazole rings is 1. The summed E-state index contributed by atoms with van der Waals surface area (Å²) in [5.74, 6) is 1.78. The summed E-state index contributed by atoms with van der Waals surface area (Å²) < 4.78 is 13.4. The Morgan fingerprint density at radius 3 is 2.86 bits per heavy atom. The molecule has 21 heavy (non-hydrogen) atoms. The van der Waals surface area contributed by atoms with Crippen LogP contribution in [-0.4, -0.2) is 42.0 Å². The van der Waals surface area contributed by atoms with Crippen molar-refractivity contribution < 1.29 is 9.47 Å². The number of hydrogen-bond donors (Lipinski definition) is 1. The molecule has 0 amide bonds. The Morgan fingerprint density at radius 1 is 1.29 bits per heavy atom. The summed E-state index contributed by atoms with van der Waals surface area (Å²) in [4.78, 5) is 4.65. The fourth-order valence-corrected chi connectivity index (χ4v) is 3.46. The smallest absolute Gasteiger partial charge is 0.126 e. The molecule has 1 N–H and O–H groups in total. The van der Waals surface area contributed by atoms with Crippen molar-refractivity contribution in [2.75, 3.05) is 26.4 Å². The fourth-order valence-electron chi connectivity index (χ4n) is 3.46. The predicted octanol–water partition coefficient (Wildman–Crippen LogP) is 2.14. The van der Waals surface area contributed by atoms with Gasteiger partial charge in [0.25, 0.3) is 0 Å². The minimum atomic E-state index is 0.315. The topological polar surface area (TPSA) is 48.3 Å². The second-order valence-corrected chi connectivity index (χ2v) is 6.08. The van der Waals surface area contributed by atoms with Gasteiger partial charge in [-0.3, -0.25) is 0 Å². The van der Waals surface area contributed by atoms with Gasteiger partial charge in [0.15, 0.2) is 0 Å². The molecule has 118 valence electrons. The lowest BCUT2D eigenvalue weighted by atomic mass is 9.90. The zero-order valence-corrected chi connectivity index (χ0v) is 13.0. The molecule has 0 unspecified atom stereocenters. The van der Waals surface area contributed by atoms with E-state index in [0.717, 1.165) is 52.2 Å². The summed E-state index contributed by atoms with van der Waals surface area (Å²) >= 11 is 0. The maximum absolute atomic E-state index is 5.63. The molecule has 3 rings (SSSR count). The molecule has 0 aliphatic carbocycles. The van der Waals surface area contributed by atoms with E-state index in [9.17, 15) is 0 Å². The molecule has 3 heterocycles. The van der Waals surface area contributed by atoms with Crippen molar-refractivity contribution in [3.8, 4) is 0 Å². The molecule has 2 aliphatic heterocycles. The SMILES string of the molecule is CCn1ccnc1[C@@H](N[C@@H]1CCCOC1)C1CCOCC1. The van der Waals surface area contributed by atoms with Gasteiger partial charge in [-0.25, -0.2) is 4.98 Å². The van der Waals surface area contributed by atoms with Gasteiger partial charge in [-0.2, -0.15) is 0 Å². The van der Waals surface area contributed by atoms with E-state index in [4.69, 9.17) is 9.47 Å². The Balaban J connectivity index is 1.76. The summed E-state index contributed by atoms with van der Waals surface area (Å²) in [6.07, 6.45) is 8.58. The third kappa shape index (κ3) is 3.65. The van der Waals surface area contributed by atoms with Crippen LogP contribution in [0.25, 0.3) is 0 Å². The summed E-state index contributed by atoms with van der Waals surface area (Å²) in [5.41, 5.74) is 0. The monoisotopic (exact) mass is 293 g/mol. The number of hydrogen-bond acceptors (Lipinski definition) is 4. The number of rotatable bonds is 5. The highest BCUT2D eigenvalue weighted by atomic mass is 16.5. The number of aromatic nitrogens is 2. The van der Waals surface area contributed by atoms with E-state index >= 15 is 0 Å². The van der Waals surface area contributed by atoms with Crippen LogP contribution < -0.4 is 5.32 Å². The number of nitrogens with zero attached hydrogens (tertiary/aromatic N) is 2. The van der Waals surface area contributed by atoms with Crippen LogP contribution in [-0.2, 0) is 16.0 Å². The van der Waals surface area contributed by atoms with Crippen molar-refractivity contribution in [3.63, 3.8) is 0 Å². The molecule has 0 aromatic carbocycles. The Bertz CT molecular complexity index is 423. The molecule has 2 atom stereocenters. The van der Waals surface area contributed by atoms with E-state index in [1.54, 1.807) is 0 Å². The van der Waals surface area contributed by atoms with E-state index in [2.05, 4.69) is 28.0 Å². The number of nitrogens with one attached hydrogen (secondary N) is 1. The van der Waals surface area contributed by atoms with Crippen LogP contribution in [0, 0.1) is 5.92 Å². The van der Waals surface area contributed by atoms with Gasteiger partial charge in [-0.05, 0) is 38.5 Å². The molecular formula is C16H27N3O2. The first-order chi connectivity index (χ1) is 10.4. The van der Waals surface area contributed by atoms with Crippen LogP contribution in [0.15, 0.2) is 12.4 Å². The Kier molecular flexibility index (Phi) is 5.27. The first-order valence-corrected chi connectivity index (χ1v) is 8.31. The maximum Gasteiger partial charge on any atom is 0.126 e. The van der Waals surface area contributed by atoms with Crippen LogP contribution >= 0.6 is 0 Å². The first-order valence-electron chi connectivity index (χ1n) is 8.31. The van der Waals surface area contributed by atoms with Crippen molar-refractivity contribution in [2.45, 2.75) is 51.2 Å². The van der Waals surface area contributed by atoms with Gasteiger partial charge in [0.1, 0.15) is 5.82 Å². The first kappa shape index (κ1) is 15.0. The van der Waals surface area contributed by atoms with Gasteiger partial charge in [0.05, 0.1) is 12.6 Å². The highest BCUT2D eigenvalue weighted by Gasteiger charge is 2.30. The van der Waals surface area contributed by atoms with Crippen LogP contribution in [0.1, 0.15) is 44.5 Å². The quantitative estimate of drug-likeness (QED) is 0.903. The van der Waals surface area contributed by atoms with Gasteiger partial charge in [0.2, 0.25) is 0 Å². The average Bonchev–Trinajstić information content (AvgIpc) is 3.03. The summed E-state index contributed by atoms with van der Waals surface area (Å²) in [7, 11) is 0. The molecule has 2 aliphatic rings. The van der Waals surface area contributed by atoms with Crippen molar-refractivity contribution in [2.24, 2.45) is 5.92 Å². The van der Waals surface area contributed by atoms with E-state index < -0.39 is 0 Å². The molecule has 0 radical (unpaired) electrons. The lowest BCUT2D eigenvalue weighted by Gasteiger charge is -2.35. The lowest BCUT2D eigenvalue weighted by molar-refractivity contribution is 0.0346. The van der Waals surface area contributed by atoms with Gasteiger partial charge < -0.3 is 19.4 Å². The minimum absolute atomic E-state index is 0.315. The molecule has 0 spiro atoms. The van der Waals surface area contributed by atoms with Gasteiger partial charge in [0, 0.05) is 44.8 Å². The largest absolute Gasteiger partial charge is 0.381 e. The van der Waals surface area contributed by atoms with E-state index in [1.165, 1.54) is 12.2 Å². The Morgan fingerprint density at radius 2 is 2.14 bits per heavy atom. The third-order valence-electron chi connectivity index (χ3n) is 4.68. The van der Waals surface area contributed by atoms with Crippen molar-refractivity contribution in [3.05, 3.63) is 18.2 Å². The zero-order chi connectivity index (χ0) is 14.5. The molecular weight excluding hydrogens is 266 g/mol. The fraction of sp³-hybridized carbons (Fsp3) is 0.812. The zero-order valence-electron chi connectivity index (χ0n) is 13.0. The molecule has 5 heteroatoms. The van der Waals surface area contributed by atoms with Crippen LogP contribution in [0.5, 0.6) is 0 Å². The minimum Gasteiger partial charge on any atom is -0.381 e. The van der Waals surface area contributed by atoms with Gasteiger partial charge in [-0.1, -0.05) is 0 Å². The lowest BCUT2D eigenvalue weighted by Crippen LogP contribution is -2.43. The second-order valence-electron chi connectivity index (χ2n) is 6.08. The normalized spacial score (nSPS) is 25.9. The molecule has 2 saturated heterocycles. The van der Waals surface area contributed by atoms with Crippen LogP contribution in [0.3, 0.4) is 0 Å². The highest BCUT2D eigenvalue weighted by molar-refractivity contribution is 5.03. The highest BCUT2D eigenvalue weighted by Crippen LogP contribution is 2.30. The van der Waals surface area contributed by atoms with Crippen LogP contribution in [0.4, 0.5) is 0 Å². The molecule has 5 nitrogen and oxygen atoms in total.